The molecule has 0 fully saturated rings. The Morgan fingerprint density at radius 3 is 2.67 bits per heavy atom. The second-order valence-corrected chi connectivity index (χ2v) is 4.23. The molecule has 0 bridgehead atoms. The summed E-state index contributed by atoms with van der Waals surface area (Å²) in [5.74, 6) is 0.291. The molecule has 18 heavy (non-hydrogen) atoms. The molecule has 5 nitrogen and oxygen atoms in total. The normalized spacial score (nSPS) is 11.4. The molecule has 0 aliphatic heterocycles. The van der Waals surface area contributed by atoms with E-state index in [1.165, 1.54) is 6.20 Å². The summed E-state index contributed by atoms with van der Waals surface area (Å²) in [6.07, 6.45) is -3.02. The van der Waals surface area contributed by atoms with Gasteiger partial charge in [-0.3, -0.25) is 0 Å². The van der Waals surface area contributed by atoms with E-state index in [9.17, 15) is 13.2 Å². The van der Waals surface area contributed by atoms with Crippen molar-refractivity contribution in [1.82, 2.24) is 9.97 Å². The summed E-state index contributed by atoms with van der Waals surface area (Å²) in [6, 6.07) is 0. The number of hydrogen-bond acceptors (Lipinski definition) is 5. The number of aromatic nitrogens is 2. The van der Waals surface area contributed by atoms with Crippen molar-refractivity contribution in [3.8, 4) is 0 Å². The number of hydrogen-bond donors (Lipinski definition) is 2. The Hall–Kier alpha value is -1.09. The maximum absolute atomic E-state index is 12.4. The van der Waals surface area contributed by atoms with Crippen LogP contribution in [-0.4, -0.2) is 48.0 Å². The van der Waals surface area contributed by atoms with Gasteiger partial charge in [0.1, 0.15) is 12.4 Å². The zero-order valence-corrected chi connectivity index (χ0v) is 11.1. The molecule has 1 heterocycles. The number of nitrogens with one attached hydrogen (secondary N) is 1. The van der Waals surface area contributed by atoms with Crippen LogP contribution >= 0.6 is 15.9 Å². The van der Waals surface area contributed by atoms with Gasteiger partial charge in [-0.05, 0) is 15.9 Å². The molecule has 0 aromatic carbocycles. The minimum atomic E-state index is -4.38. The van der Waals surface area contributed by atoms with Gasteiger partial charge in [0.25, 0.3) is 0 Å². The van der Waals surface area contributed by atoms with Crippen LogP contribution in [0.25, 0.3) is 0 Å². The number of halogens is 4. The van der Waals surface area contributed by atoms with Crippen LogP contribution in [0.1, 0.15) is 0 Å². The van der Waals surface area contributed by atoms with Crippen molar-refractivity contribution in [3.63, 3.8) is 0 Å². The van der Waals surface area contributed by atoms with E-state index in [2.05, 4.69) is 31.2 Å². The molecule has 0 radical (unpaired) electrons. The molecule has 0 amide bonds. The van der Waals surface area contributed by atoms with E-state index in [-0.39, 0.29) is 18.3 Å². The van der Waals surface area contributed by atoms with Crippen LogP contribution in [0, 0.1) is 0 Å². The zero-order chi connectivity index (χ0) is 13.8. The van der Waals surface area contributed by atoms with E-state index in [0.717, 1.165) is 4.90 Å². The Kier molecular flexibility index (Phi) is 5.15. The van der Waals surface area contributed by atoms with Crippen molar-refractivity contribution in [2.24, 2.45) is 0 Å². The number of aliphatic hydroxyl groups excluding tert-OH is 1. The SMILES string of the molecule is CNc1ncc(Br)c(N(CCO)CC(F)(F)F)n1. The molecule has 102 valence electrons. The average Bonchev–Trinajstić information content (AvgIpc) is 2.27. The van der Waals surface area contributed by atoms with E-state index >= 15 is 0 Å². The van der Waals surface area contributed by atoms with E-state index in [4.69, 9.17) is 5.11 Å². The number of aliphatic hydroxyl groups is 1. The molecule has 1 rings (SSSR count). The zero-order valence-electron chi connectivity index (χ0n) is 9.50. The average molecular weight is 329 g/mol. The van der Waals surface area contributed by atoms with E-state index < -0.39 is 19.3 Å². The van der Waals surface area contributed by atoms with Gasteiger partial charge in [-0.25, -0.2) is 4.98 Å². The molecule has 0 spiro atoms. The van der Waals surface area contributed by atoms with Crippen LogP contribution in [0.3, 0.4) is 0 Å². The fraction of sp³-hybridized carbons (Fsp3) is 0.556. The quantitative estimate of drug-likeness (QED) is 0.860. The minimum Gasteiger partial charge on any atom is -0.395 e. The van der Waals surface area contributed by atoms with E-state index in [0.29, 0.717) is 4.47 Å². The summed E-state index contributed by atoms with van der Waals surface area (Å²) in [6.45, 7) is -1.76. The van der Waals surface area contributed by atoms with Gasteiger partial charge in [-0.2, -0.15) is 18.2 Å². The van der Waals surface area contributed by atoms with Gasteiger partial charge in [-0.1, -0.05) is 0 Å². The highest BCUT2D eigenvalue weighted by Crippen LogP contribution is 2.27. The lowest BCUT2D eigenvalue weighted by Crippen LogP contribution is -2.37. The Bertz CT molecular complexity index is 402. The molecular formula is C9H12BrF3N4O. The molecule has 0 saturated carbocycles. The van der Waals surface area contributed by atoms with Gasteiger partial charge in [-0.15, -0.1) is 0 Å². The molecule has 9 heteroatoms. The smallest absolute Gasteiger partial charge is 0.395 e. The van der Waals surface area contributed by atoms with E-state index in [1.807, 2.05) is 0 Å². The Balaban J connectivity index is 3.04. The number of rotatable bonds is 5. The van der Waals surface area contributed by atoms with Crippen molar-refractivity contribution in [2.75, 3.05) is 37.0 Å². The third kappa shape index (κ3) is 4.30. The van der Waals surface area contributed by atoms with Crippen LogP contribution in [0.5, 0.6) is 0 Å². The lowest BCUT2D eigenvalue weighted by Gasteiger charge is -2.25. The van der Waals surface area contributed by atoms with Crippen LogP contribution in [0.4, 0.5) is 24.9 Å². The van der Waals surface area contributed by atoms with Gasteiger partial charge in [0.05, 0.1) is 11.1 Å². The van der Waals surface area contributed by atoms with Crippen molar-refractivity contribution in [1.29, 1.82) is 0 Å². The third-order valence-corrected chi connectivity index (χ3v) is 2.55. The van der Waals surface area contributed by atoms with Crippen LogP contribution in [0.15, 0.2) is 10.7 Å². The molecule has 1 aromatic heterocycles. The number of nitrogens with zero attached hydrogens (tertiary/aromatic N) is 3. The van der Waals surface area contributed by atoms with Gasteiger partial charge in [0.2, 0.25) is 5.95 Å². The molecule has 0 aliphatic carbocycles. The Morgan fingerprint density at radius 2 is 2.17 bits per heavy atom. The van der Waals surface area contributed by atoms with Crippen molar-refractivity contribution >= 4 is 27.7 Å². The monoisotopic (exact) mass is 328 g/mol. The Morgan fingerprint density at radius 1 is 1.50 bits per heavy atom. The van der Waals surface area contributed by atoms with Crippen LogP contribution in [-0.2, 0) is 0 Å². The Labute approximate surface area is 110 Å². The summed E-state index contributed by atoms with van der Waals surface area (Å²) in [5, 5.41) is 11.5. The molecule has 0 atom stereocenters. The lowest BCUT2D eigenvalue weighted by molar-refractivity contribution is -0.120. The molecule has 0 aliphatic rings. The maximum Gasteiger partial charge on any atom is 0.405 e. The van der Waals surface area contributed by atoms with E-state index in [1.54, 1.807) is 7.05 Å². The van der Waals surface area contributed by atoms with Crippen molar-refractivity contribution < 1.29 is 18.3 Å². The first-order chi connectivity index (χ1) is 8.37. The topological polar surface area (TPSA) is 61.3 Å². The van der Waals surface area contributed by atoms with Crippen molar-refractivity contribution in [2.45, 2.75) is 6.18 Å². The standard InChI is InChI=1S/C9H12BrF3N4O/c1-14-8-15-4-6(10)7(16-8)17(2-3-18)5-9(11,12)13/h4,18H,2-3,5H2,1H3,(H,14,15,16). The first-order valence-electron chi connectivity index (χ1n) is 5.00. The molecule has 0 saturated heterocycles. The highest BCUT2D eigenvalue weighted by molar-refractivity contribution is 9.10. The number of alkyl halides is 3. The maximum atomic E-state index is 12.4. The van der Waals surface area contributed by atoms with Gasteiger partial charge in [0.15, 0.2) is 0 Å². The highest BCUT2D eigenvalue weighted by Gasteiger charge is 2.32. The largest absolute Gasteiger partial charge is 0.405 e. The first-order valence-corrected chi connectivity index (χ1v) is 5.79. The summed E-state index contributed by atoms with van der Waals surface area (Å²) >= 11 is 3.09. The summed E-state index contributed by atoms with van der Waals surface area (Å²) in [4.78, 5) is 8.73. The predicted octanol–water partition coefficient (Wildman–Crippen LogP) is 1.64. The van der Waals surface area contributed by atoms with Crippen molar-refractivity contribution in [3.05, 3.63) is 10.7 Å². The van der Waals surface area contributed by atoms with Gasteiger partial charge < -0.3 is 15.3 Å². The van der Waals surface area contributed by atoms with Gasteiger partial charge in [0, 0.05) is 19.8 Å². The molecule has 2 N–H and O–H groups in total. The molecule has 0 unspecified atom stereocenters. The fourth-order valence-electron chi connectivity index (χ4n) is 1.30. The third-order valence-electron chi connectivity index (χ3n) is 1.99. The first kappa shape index (κ1) is 15.0. The summed E-state index contributed by atoms with van der Waals surface area (Å²) in [7, 11) is 1.56. The van der Waals surface area contributed by atoms with Gasteiger partial charge >= 0.3 is 6.18 Å². The number of anilines is 2. The minimum absolute atomic E-state index is 0.0840. The summed E-state index contributed by atoms with van der Waals surface area (Å²) < 4.78 is 37.6. The molecule has 1 aromatic rings. The summed E-state index contributed by atoms with van der Waals surface area (Å²) in [5.41, 5.74) is 0. The second kappa shape index (κ2) is 6.19. The predicted molar refractivity (Wildman–Crippen MR) is 64.6 cm³/mol. The lowest BCUT2D eigenvalue weighted by atomic mass is 10.4. The molecular weight excluding hydrogens is 317 g/mol. The fourth-order valence-corrected chi connectivity index (χ4v) is 1.74. The van der Waals surface area contributed by atoms with Crippen LogP contribution in [0.2, 0.25) is 0 Å². The van der Waals surface area contributed by atoms with Crippen LogP contribution < -0.4 is 10.2 Å². The second-order valence-electron chi connectivity index (χ2n) is 3.38. The highest BCUT2D eigenvalue weighted by atomic mass is 79.9.